The minimum absolute atomic E-state index is 0.116. The van der Waals surface area contributed by atoms with Crippen LogP contribution in [0, 0.1) is 11.3 Å². The Morgan fingerprint density at radius 1 is 1.44 bits per heavy atom. The van der Waals surface area contributed by atoms with Crippen molar-refractivity contribution in [1.29, 1.82) is 5.26 Å². The van der Waals surface area contributed by atoms with E-state index < -0.39 is 5.92 Å². The van der Waals surface area contributed by atoms with Gasteiger partial charge in [-0.15, -0.1) is 0 Å². The van der Waals surface area contributed by atoms with Crippen LogP contribution < -0.4 is 0 Å². The van der Waals surface area contributed by atoms with Crippen molar-refractivity contribution in [3.8, 4) is 6.07 Å². The van der Waals surface area contributed by atoms with Gasteiger partial charge < -0.3 is 4.57 Å². The molecule has 1 unspecified atom stereocenters. The molecule has 2 aromatic rings. The monoisotopic (exact) mass is 239 g/mol. The van der Waals surface area contributed by atoms with Gasteiger partial charge in [-0.1, -0.05) is 30.3 Å². The predicted octanol–water partition coefficient (Wildman–Crippen LogP) is 2.30. The molecule has 1 atom stereocenters. The third-order valence-corrected chi connectivity index (χ3v) is 2.86. The minimum Gasteiger partial charge on any atom is -0.332 e. The number of hydrogen-bond donors (Lipinski definition) is 0. The first-order chi connectivity index (χ1) is 8.74. The summed E-state index contributed by atoms with van der Waals surface area (Å²) in [6.45, 7) is 0. The normalized spacial score (nSPS) is 11.8. The predicted molar refractivity (Wildman–Crippen MR) is 67.0 cm³/mol. The lowest BCUT2D eigenvalue weighted by molar-refractivity contribution is 0.0947. The van der Waals surface area contributed by atoms with Crippen molar-refractivity contribution in [3.63, 3.8) is 0 Å². The van der Waals surface area contributed by atoms with E-state index in [4.69, 9.17) is 5.26 Å². The molecule has 0 spiro atoms. The molecule has 4 heteroatoms. The summed E-state index contributed by atoms with van der Waals surface area (Å²) < 4.78 is 1.68. The van der Waals surface area contributed by atoms with Gasteiger partial charge in [-0.3, -0.25) is 4.79 Å². The summed E-state index contributed by atoms with van der Waals surface area (Å²) >= 11 is 0. The molecule has 0 radical (unpaired) electrons. The van der Waals surface area contributed by atoms with Crippen molar-refractivity contribution in [1.82, 2.24) is 9.55 Å². The molecule has 0 bridgehead atoms. The Balaban J connectivity index is 2.35. The first kappa shape index (κ1) is 12.1. The maximum atomic E-state index is 12.4. The number of Topliss-reactive ketones (excluding diaryl/α,β-unsaturated/α-hetero) is 1. The number of imidazole rings is 1. The van der Waals surface area contributed by atoms with E-state index in [1.165, 1.54) is 0 Å². The topological polar surface area (TPSA) is 58.7 Å². The number of nitrogens with zero attached hydrogens (tertiary/aromatic N) is 3. The maximum Gasteiger partial charge on any atom is 0.206 e. The molecule has 90 valence electrons. The zero-order chi connectivity index (χ0) is 13.0. The number of hydrogen-bond acceptors (Lipinski definition) is 3. The first-order valence-corrected chi connectivity index (χ1v) is 5.67. The quantitative estimate of drug-likeness (QED) is 0.769. The van der Waals surface area contributed by atoms with Gasteiger partial charge in [0.2, 0.25) is 5.78 Å². The van der Waals surface area contributed by atoms with E-state index in [9.17, 15) is 4.79 Å². The van der Waals surface area contributed by atoms with Crippen molar-refractivity contribution < 1.29 is 4.79 Å². The van der Waals surface area contributed by atoms with Crippen molar-refractivity contribution in [2.24, 2.45) is 7.05 Å². The SMILES string of the molecule is Cn1ccnc1C(=O)C(CC#N)c1ccccc1. The average Bonchev–Trinajstić information content (AvgIpc) is 2.82. The minimum atomic E-state index is -0.447. The number of carbonyl (C=O) groups excluding carboxylic acids is 1. The van der Waals surface area contributed by atoms with Gasteiger partial charge in [-0.25, -0.2) is 4.98 Å². The highest BCUT2D eigenvalue weighted by Crippen LogP contribution is 2.23. The molecule has 1 heterocycles. The van der Waals surface area contributed by atoms with Crippen molar-refractivity contribution >= 4 is 5.78 Å². The highest BCUT2D eigenvalue weighted by molar-refractivity contribution is 5.98. The van der Waals surface area contributed by atoms with Crippen LogP contribution in [0.15, 0.2) is 42.7 Å². The molecule has 18 heavy (non-hydrogen) atoms. The molecule has 1 aromatic heterocycles. The van der Waals surface area contributed by atoms with Crippen molar-refractivity contribution in [3.05, 3.63) is 54.1 Å². The fourth-order valence-corrected chi connectivity index (χ4v) is 1.90. The van der Waals surface area contributed by atoms with Crippen LogP contribution in [0.4, 0.5) is 0 Å². The van der Waals surface area contributed by atoms with Gasteiger partial charge in [0.05, 0.1) is 12.0 Å². The molecule has 0 aliphatic heterocycles. The highest BCUT2D eigenvalue weighted by atomic mass is 16.1. The number of aromatic nitrogens is 2. The number of ketones is 1. The van der Waals surface area contributed by atoms with E-state index in [1.807, 2.05) is 30.3 Å². The molecule has 2 rings (SSSR count). The van der Waals surface area contributed by atoms with Crippen LogP contribution in [0.2, 0.25) is 0 Å². The maximum absolute atomic E-state index is 12.4. The zero-order valence-electron chi connectivity index (χ0n) is 10.1. The molecule has 1 aromatic carbocycles. The van der Waals surface area contributed by atoms with E-state index in [0.717, 1.165) is 5.56 Å². The fourth-order valence-electron chi connectivity index (χ4n) is 1.90. The van der Waals surface area contributed by atoms with E-state index >= 15 is 0 Å². The van der Waals surface area contributed by atoms with Gasteiger partial charge in [0.25, 0.3) is 0 Å². The van der Waals surface area contributed by atoms with Crippen LogP contribution >= 0.6 is 0 Å². The van der Waals surface area contributed by atoms with Crippen LogP contribution in [0.3, 0.4) is 0 Å². The largest absolute Gasteiger partial charge is 0.332 e. The number of benzene rings is 1. The summed E-state index contributed by atoms with van der Waals surface area (Å²) in [6, 6.07) is 11.4. The highest BCUT2D eigenvalue weighted by Gasteiger charge is 2.24. The summed E-state index contributed by atoms with van der Waals surface area (Å²) in [7, 11) is 1.77. The Bertz CT molecular complexity index is 581. The lowest BCUT2D eigenvalue weighted by Gasteiger charge is -2.12. The van der Waals surface area contributed by atoms with E-state index in [0.29, 0.717) is 5.82 Å². The van der Waals surface area contributed by atoms with Gasteiger partial charge >= 0.3 is 0 Å². The summed E-state index contributed by atoms with van der Waals surface area (Å²) in [5.41, 5.74) is 0.854. The summed E-state index contributed by atoms with van der Waals surface area (Å²) in [5.74, 6) is -0.174. The van der Waals surface area contributed by atoms with E-state index in [-0.39, 0.29) is 12.2 Å². The average molecular weight is 239 g/mol. The Kier molecular flexibility index (Phi) is 3.54. The second-order valence-corrected chi connectivity index (χ2v) is 4.05. The molecule has 0 aliphatic rings. The molecule has 0 amide bonds. The molecule has 0 fully saturated rings. The number of rotatable bonds is 4. The Labute approximate surface area is 106 Å². The van der Waals surface area contributed by atoms with Gasteiger partial charge in [-0.2, -0.15) is 5.26 Å². The van der Waals surface area contributed by atoms with E-state index in [1.54, 1.807) is 24.0 Å². The second kappa shape index (κ2) is 5.28. The Morgan fingerprint density at radius 2 is 2.17 bits per heavy atom. The van der Waals surface area contributed by atoms with Crippen LogP contribution in [-0.2, 0) is 7.05 Å². The lowest BCUT2D eigenvalue weighted by Crippen LogP contribution is -2.16. The summed E-state index contributed by atoms with van der Waals surface area (Å²) in [5, 5.41) is 8.88. The van der Waals surface area contributed by atoms with Crippen LogP contribution in [0.5, 0.6) is 0 Å². The van der Waals surface area contributed by atoms with E-state index in [2.05, 4.69) is 11.1 Å². The standard InChI is InChI=1S/C14H13N3O/c1-17-10-9-16-14(17)13(18)12(7-8-15)11-5-3-2-4-6-11/h2-6,9-10,12H,7H2,1H3. The van der Waals surface area contributed by atoms with Crippen LogP contribution in [0.25, 0.3) is 0 Å². The molecule has 0 saturated heterocycles. The number of carbonyl (C=O) groups is 1. The third-order valence-electron chi connectivity index (χ3n) is 2.86. The van der Waals surface area contributed by atoms with Crippen molar-refractivity contribution in [2.75, 3.05) is 0 Å². The van der Waals surface area contributed by atoms with Crippen LogP contribution in [0.1, 0.15) is 28.5 Å². The van der Waals surface area contributed by atoms with Gasteiger partial charge in [-0.05, 0) is 5.56 Å². The zero-order valence-corrected chi connectivity index (χ0v) is 10.1. The number of nitriles is 1. The van der Waals surface area contributed by atoms with Gasteiger partial charge in [0, 0.05) is 25.9 Å². The molecule has 0 saturated carbocycles. The lowest BCUT2D eigenvalue weighted by atomic mass is 9.91. The summed E-state index contributed by atoms with van der Waals surface area (Å²) in [4.78, 5) is 16.4. The first-order valence-electron chi connectivity index (χ1n) is 5.67. The molecule has 0 aliphatic carbocycles. The molecule has 0 N–H and O–H groups in total. The second-order valence-electron chi connectivity index (χ2n) is 4.05. The number of aryl methyl sites for hydroxylation is 1. The fraction of sp³-hybridized carbons (Fsp3) is 0.214. The molecular formula is C14H13N3O. The third kappa shape index (κ3) is 2.30. The smallest absolute Gasteiger partial charge is 0.206 e. The molecule has 4 nitrogen and oxygen atoms in total. The summed E-state index contributed by atoms with van der Waals surface area (Å²) in [6.07, 6.45) is 3.47. The van der Waals surface area contributed by atoms with Gasteiger partial charge in [0.1, 0.15) is 0 Å². The van der Waals surface area contributed by atoms with Gasteiger partial charge in [0.15, 0.2) is 5.82 Å². The van der Waals surface area contributed by atoms with Crippen LogP contribution in [-0.4, -0.2) is 15.3 Å². The Hall–Kier alpha value is -2.41. The van der Waals surface area contributed by atoms with Crippen molar-refractivity contribution in [2.45, 2.75) is 12.3 Å². The Morgan fingerprint density at radius 3 is 2.72 bits per heavy atom. The molecular weight excluding hydrogens is 226 g/mol.